The van der Waals surface area contributed by atoms with E-state index in [9.17, 15) is 0 Å². The number of nitrogens with zero attached hydrogens (tertiary/aromatic N) is 1. The summed E-state index contributed by atoms with van der Waals surface area (Å²) in [6, 6.07) is 18.0. The zero-order valence-electron chi connectivity index (χ0n) is 18.2. The molecule has 2 aromatic carbocycles. The van der Waals surface area contributed by atoms with Gasteiger partial charge in [0.25, 0.3) is 0 Å². The van der Waals surface area contributed by atoms with Gasteiger partial charge in [-0.2, -0.15) is 5.26 Å². The van der Waals surface area contributed by atoms with E-state index in [1.807, 2.05) is 26.0 Å². The van der Waals surface area contributed by atoms with Crippen molar-refractivity contribution in [2.24, 2.45) is 0 Å². The van der Waals surface area contributed by atoms with Crippen molar-refractivity contribution in [2.75, 3.05) is 5.32 Å². The Bertz CT molecular complexity index is 804. The predicted octanol–water partition coefficient (Wildman–Crippen LogP) is 7.49. The molecule has 0 amide bonds. The third kappa shape index (κ3) is 9.17. The monoisotopic (exact) mass is 391 g/mol. The third-order valence-corrected chi connectivity index (χ3v) is 4.46. The van der Waals surface area contributed by atoms with Gasteiger partial charge in [0, 0.05) is 12.8 Å². The molecule has 0 aliphatic carbocycles. The van der Waals surface area contributed by atoms with Gasteiger partial charge in [-0.15, -0.1) is 0 Å². The molecule has 0 spiro atoms. The second-order valence-electron chi connectivity index (χ2n) is 6.76. The van der Waals surface area contributed by atoms with Crippen molar-refractivity contribution in [3.8, 4) is 6.07 Å². The van der Waals surface area contributed by atoms with Crippen LogP contribution in [-0.2, 0) is 6.42 Å². The molecule has 29 heavy (non-hydrogen) atoms. The smallest absolute Gasteiger partial charge is 0.100 e. The highest BCUT2D eigenvalue weighted by atomic mass is 15.1. The lowest BCUT2D eigenvalue weighted by Crippen LogP contribution is -2.16. The number of rotatable bonds is 11. The summed E-state index contributed by atoms with van der Waals surface area (Å²) in [7, 11) is 0. The van der Waals surface area contributed by atoms with E-state index < -0.39 is 0 Å². The zero-order valence-corrected chi connectivity index (χ0v) is 18.2. The molecule has 0 heterocycles. The Balaban J connectivity index is 0.00000272. The number of aryl methyl sites for hydroxylation is 1. The summed E-state index contributed by atoms with van der Waals surface area (Å²) in [6.07, 6.45) is 7.66. The van der Waals surface area contributed by atoms with Gasteiger partial charge in [-0.05, 0) is 48.2 Å². The topological polar surface area (TPSA) is 47.9 Å². The van der Waals surface area contributed by atoms with Crippen LogP contribution in [0.4, 0.5) is 5.69 Å². The summed E-state index contributed by atoms with van der Waals surface area (Å²) in [5.41, 5.74) is 4.54. The Kier molecular flexibility index (Phi) is 11.7. The third-order valence-electron chi connectivity index (χ3n) is 4.46. The van der Waals surface area contributed by atoms with Gasteiger partial charge in [0.2, 0.25) is 0 Å². The lowest BCUT2D eigenvalue weighted by Gasteiger charge is -2.15. The minimum absolute atomic E-state index is 0. The molecule has 0 aromatic heterocycles. The van der Waals surface area contributed by atoms with Crippen molar-refractivity contribution >= 4 is 11.4 Å². The standard InChI is InChI=1S/C24H29N3.C2H6.H2/c1-4-5-6-7-8-10-21-13-15-24(16-14-21)27-20(3)26-19(2)23-12-9-11-22(17-23)18-25;1-2;/h9,11-17,26-27H,2-8,10H2,1H3;1-2H3;1H. The van der Waals surface area contributed by atoms with Crippen molar-refractivity contribution in [3.05, 3.63) is 84.2 Å². The molecule has 0 radical (unpaired) electrons. The molecule has 0 unspecified atom stereocenters. The molecule has 0 bridgehead atoms. The maximum absolute atomic E-state index is 9.01. The first-order valence-corrected chi connectivity index (χ1v) is 10.6. The summed E-state index contributed by atoms with van der Waals surface area (Å²) in [6.45, 7) is 14.3. The van der Waals surface area contributed by atoms with Gasteiger partial charge in [0.05, 0.1) is 11.6 Å². The average molecular weight is 392 g/mol. The fourth-order valence-corrected chi connectivity index (χ4v) is 2.92. The molecule has 0 fully saturated rings. The molecule has 0 atom stereocenters. The van der Waals surface area contributed by atoms with Crippen molar-refractivity contribution in [2.45, 2.75) is 59.3 Å². The second kappa shape index (κ2) is 14.1. The first kappa shape index (κ1) is 24.0. The van der Waals surface area contributed by atoms with E-state index >= 15 is 0 Å². The molecule has 0 saturated heterocycles. The summed E-state index contributed by atoms with van der Waals surface area (Å²) in [5.74, 6) is 0.648. The first-order valence-electron chi connectivity index (χ1n) is 10.6. The Morgan fingerprint density at radius 2 is 1.69 bits per heavy atom. The molecule has 3 heteroatoms. The van der Waals surface area contributed by atoms with Crippen LogP contribution in [0.3, 0.4) is 0 Å². The fourth-order valence-electron chi connectivity index (χ4n) is 2.92. The van der Waals surface area contributed by atoms with E-state index in [4.69, 9.17) is 5.26 Å². The van der Waals surface area contributed by atoms with Gasteiger partial charge in [-0.1, -0.05) is 83.9 Å². The number of benzene rings is 2. The van der Waals surface area contributed by atoms with E-state index in [1.165, 1.54) is 37.7 Å². The van der Waals surface area contributed by atoms with Gasteiger partial charge >= 0.3 is 0 Å². The summed E-state index contributed by atoms with van der Waals surface area (Å²) >= 11 is 0. The van der Waals surface area contributed by atoms with Gasteiger partial charge in [0.15, 0.2) is 0 Å². The van der Waals surface area contributed by atoms with Crippen LogP contribution in [0.25, 0.3) is 5.70 Å². The van der Waals surface area contributed by atoms with Crippen LogP contribution < -0.4 is 10.6 Å². The Hall–Kier alpha value is -2.99. The maximum Gasteiger partial charge on any atom is 0.100 e. The number of nitriles is 1. The second-order valence-corrected chi connectivity index (χ2v) is 6.76. The summed E-state index contributed by atoms with van der Waals surface area (Å²) in [4.78, 5) is 0. The van der Waals surface area contributed by atoms with Crippen molar-refractivity contribution in [1.29, 1.82) is 5.26 Å². The molecule has 2 rings (SSSR count). The van der Waals surface area contributed by atoms with Gasteiger partial charge < -0.3 is 10.6 Å². The number of hydrogen-bond acceptors (Lipinski definition) is 3. The van der Waals surface area contributed by atoms with Crippen LogP contribution in [-0.4, -0.2) is 0 Å². The van der Waals surface area contributed by atoms with E-state index in [-0.39, 0.29) is 1.43 Å². The number of hydrogen-bond donors (Lipinski definition) is 2. The quantitative estimate of drug-likeness (QED) is 0.390. The van der Waals surface area contributed by atoms with Crippen molar-refractivity contribution in [1.82, 2.24) is 5.32 Å². The van der Waals surface area contributed by atoms with Crippen LogP contribution in [0, 0.1) is 11.3 Å². The molecular weight excluding hydrogens is 354 g/mol. The van der Waals surface area contributed by atoms with Crippen LogP contribution >= 0.6 is 0 Å². The van der Waals surface area contributed by atoms with Crippen molar-refractivity contribution in [3.63, 3.8) is 0 Å². The lowest BCUT2D eigenvalue weighted by atomic mass is 10.1. The van der Waals surface area contributed by atoms with Crippen molar-refractivity contribution < 1.29 is 1.43 Å². The molecular formula is C26H37N3. The van der Waals surface area contributed by atoms with Crippen LogP contribution in [0.15, 0.2) is 67.5 Å². The van der Waals surface area contributed by atoms with Crippen LogP contribution in [0.1, 0.15) is 71.0 Å². The lowest BCUT2D eigenvalue weighted by molar-refractivity contribution is 0.632. The largest absolute Gasteiger partial charge is 0.342 e. The summed E-state index contributed by atoms with van der Waals surface area (Å²) < 4.78 is 0. The van der Waals surface area contributed by atoms with E-state index in [1.54, 1.807) is 12.1 Å². The normalized spacial score (nSPS) is 9.59. The highest BCUT2D eigenvalue weighted by Gasteiger charge is 2.03. The molecule has 0 saturated carbocycles. The van der Waals surface area contributed by atoms with Gasteiger partial charge in [-0.25, -0.2) is 0 Å². The van der Waals surface area contributed by atoms with Gasteiger partial charge in [0.1, 0.15) is 5.82 Å². The minimum atomic E-state index is 0. The van der Waals surface area contributed by atoms with Gasteiger partial charge in [-0.3, -0.25) is 0 Å². The SMILES string of the molecule is C=C(NC(=C)c1cccc(C#N)c1)Nc1ccc(CCCCCCC)cc1.CC.[HH]. The number of anilines is 1. The predicted molar refractivity (Wildman–Crippen MR) is 128 cm³/mol. The molecule has 0 aliphatic heterocycles. The highest BCUT2D eigenvalue weighted by molar-refractivity contribution is 5.65. The Morgan fingerprint density at radius 3 is 2.34 bits per heavy atom. The fraction of sp³-hybridized carbons (Fsp3) is 0.346. The van der Waals surface area contributed by atoms with Crippen LogP contribution in [0.5, 0.6) is 0 Å². The summed E-state index contributed by atoms with van der Waals surface area (Å²) in [5, 5.41) is 15.4. The maximum atomic E-state index is 9.01. The molecule has 0 aliphatic rings. The minimum Gasteiger partial charge on any atom is -0.342 e. The number of unbranched alkanes of at least 4 members (excludes halogenated alkanes) is 4. The first-order chi connectivity index (χ1) is 14.1. The Labute approximate surface area is 178 Å². The Morgan fingerprint density at radius 1 is 1.00 bits per heavy atom. The van der Waals surface area contributed by atoms with E-state index in [2.05, 4.69) is 61.0 Å². The highest BCUT2D eigenvalue weighted by Crippen LogP contribution is 2.16. The van der Waals surface area contributed by atoms with Crippen LogP contribution in [0.2, 0.25) is 0 Å². The molecule has 156 valence electrons. The number of nitrogens with one attached hydrogen (secondary N) is 2. The molecule has 2 N–H and O–H groups in total. The molecule has 3 nitrogen and oxygen atoms in total. The van der Waals surface area contributed by atoms with E-state index in [0.29, 0.717) is 17.1 Å². The zero-order chi connectivity index (χ0) is 21.5. The average Bonchev–Trinajstić information content (AvgIpc) is 2.76. The van der Waals surface area contributed by atoms with E-state index in [0.717, 1.165) is 17.7 Å². The molecule has 2 aromatic rings.